The van der Waals surface area contributed by atoms with Gasteiger partial charge >= 0.3 is 0 Å². The van der Waals surface area contributed by atoms with Gasteiger partial charge in [-0.15, -0.1) is 0 Å². The van der Waals surface area contributed by atoms with E-state index in [4.69, 9.17) is 9.29 Å². The van der Waals surface area contributed by atoms with Gasteiger partial charge in [-0.05, 0) is 37.0 Å². The number of carbonyl (C=O) groups is 1. The molecule has 0 radical (unpaired) electrons. The fraction of sp³-hybridized carbons (Fsp3) is 0.417. The van der Waals surface area contributed by atoms with E-state index in [0.29, 0.717) is 24.0 Å². The van der Waals surface area contributed by atoms with Crippen LogP contribution in [0.5, 0.6) is 0 Å². The van der Waals surface area contributed by atoms with Gasteiger partial charge in [0.15, 0.2) is 0 Å². The first-order valence-electron chi connectivity index (χ1n) is 5.61. The van der Waals surface area contributed by atoms with Gasteiger partial charge in [-0.25, -0.2) is 0 Å². The molecule has 1 aromatic carbocycles. The van der Waals surface area contributed by atoms with E-state index in [0.717, 1.165) is 6.29 Å². The highest BCUT2D eigenvalue weighted by molar-refractivity contribution is 7.85. The fourth-order valence-electron chi connectivity index (χ4n) is 2.25. The Morgan fingerprint density at radius 2 is 2.11 bits per heavy atom. The van der Waals surface area contributed by atoms with Crippen LogP contribution in [0.4, 0.5) is 0 Å². The molecule has 1 fully saturated rings. The predicted octanol–water partition coefficient (Wildman–Crippen LogP) is 1.66. The van der Waals surface area contributed by atoms with E-state index in [2.05, 4.69) is 0 Å². The lowest BCUT2D eigenvalue weighted by atomic mass is 10.0. The van der Waals surface area contributed by atoms with E-state index in [1.807, 2.05) is 0 Å². The Hall–Kier alpha value is -1.24. The lowest BCUT2D eigenvalue weighted by molar-refractivity contribution is -0.117. The average molecular weight is 270 g/mol. The van der Waals surface area contributed by atoms with Gasteiger partial charge in [0.1, 0.15) is 12.4 Å². The summed E-state index contributed by atoms with van der Waals surface area (Å²) in [7, 11) is -4.23. The maximum atomic E-state index is 11.2. The third-order valence-electron chi connectivity index (χ3n) is 3.15. The molecule has 0 unspecified atom stereocenters. The van der Waals surface area contributed by atoms with Gasteiger partial charge in [-0.3, -0.25) is 4.55 Å². The van der Waals surface area contributed by atoms with E-state index in [1.54, 1.807) is 19.1 Å². The number of aldehydes is 1. The minimum Gasteiger partial charge on any atom is -0.363 e. The van der Waals surface area contributed by atoms with E-state index in [1.165, 1.54) is 6.07 Å². The van der Waals surface area contributed by atoms with Crippen molar-refractivity contribution in [1.82, 2.24) is 0 Å². The van der Waals surface area contributed by atoms with Crippen molar-refractivity contribution < 1.29 is 22.5 Å². The monoisotopic (exact) mass is 270 g/mol. The average Bonchev–Trinajstić information content (AvgIpc) is 2.76. The molecule has 1 aliphatic rings. The Morgan fingerprint density at radius 3 is 2.67 bits per heavy atom. The normalized spacial score (nSPS) is 24.1. The van der Waals surface area contributed by atoms with Crippen LogP contribution in [0, 0.1) is 6.92 Å². The largest absolute Gasteiger partial charge is 0.363 e. The molecule has 0 aromatic heterocycles. The lowest BCUT2D eigenvalue weighted by Crippen LogP contribution is -2.09. The molecule has 0 aliphatic carbocycles. The minimum absolute atomic E-state index is 0.113. The van der Waals surface area contributed by atoms with Gasteiger partial charge in [0.25, 0.3) is 10.1 Å². The predicted molar refractivity (Wildman–Crippen MR) is 63.9 cm³/mol. The van der Waals surface area contributed by atoms with E-state index in [9.17, 15) is 13.2 Å². The van der Waals surface area contributed by atoms with Crippen molar-refractivity contribution in [2.75, 3.05) is 0 Å². The second kappa shape index (κ2) is 4.79. The Bertz CT molecular complexity index is 564. The Balaban J connectivity index is 2.39. The summed E-state index contributed by atoms with van der Waals surface area (Å²) in [6, 6.07) is 4.66. The molecule has 5 nitrogen and oxygen atoms in total. The van der Waals surface area contributed by atoms with Crippen molar-refractivity contribution in [2.24, 2.45) is 0 Å². The summed E-state index contributed by atoms with van der Waals surface area (Å²) in [5.41, 5.74) is 1.17. The first-order chi connectivity index (χ1) is 8.43. The summed E-state index contributed by atoms with van der Waals surface area (Å²) in [5.74, 6) is 0. The number of hydrogen-bond acceptors (Lipinski definition) is 4. The Labute approximate surface area is 106 Å². The molecule has 0 spiro atoms. The number of carbonyl (C=O) groups excluding carboxylic acids is 1. The van der Waals surface area contributed by atoms with Gasteiger partial charge in [0.2, 0.25) is 0 Å². The van der Waals surface area contributed by atoms with Gasteiger partial charge in [0.05, 0.1) is 11.0 Å². The molecule has 1 aliphatic heterocycles. The third-order valence-corrected chi connectivity index (χ3v) is 4.15. The first kappa shape index (κ1) is 13.2. The maximum Gasteiger partial charge on any atom is 0.294 e. The van der Waals surface area contributed by atoms with Crippen LogP contribution in [-0.2, 0) is 19.6 Å². The van der Waals surface area contributed by atoms with Crippen LogP contribution in [-0.4, -0.2) is 25.4 Å². The second-order valence-corrected chi connectivity index (χ2v) is 5.71. The topological polar surface area (TPSA) is 80.7 Å². The molecule has 6 heteroatoms. The summed E-state index contributed by atoms with van der Waals surface area (Å²) in [6.07, 6.45) is 1.33. The SMILES string of the molecule is Cc1c([C@@H]2CC[C@H](C=O)O2)cccc1S(=O)(=O)O. The summed E-state index contributed by atoms with van der Waals surface area (Å²) < 4.78 is 37.0. The van der Waals surface area contributed by atoms with Gasteiger partial charge in [-0.1, -0.05) is 12.1 Å². The molecule has 0 saturated carbocycles. The van der Waals surface area contributed by atoms with Crippen molar-refractivity contribution in [3.63, 3.8) is 0 Å². The highest BCUT2D eigenvalue weighted by Gasteiger charge is 2.28. The third kappa shape index (κ3) is 2.45. The molecule has 98 valence electrons. The van der Waals surface area contributed by atoms with Crippen LogP contribution >= 0.6 is 0 Å². The number of hydrogen-bond donors (Lipinski definition) is 1. The van der Waals surface area contributed by atoms with Crippen molar-refractivity contribution in [3.8, 4) is 0 Å². The number of benzene rings is 1. The molecule has 1 aromatic rings. The molecule has 2 atom stereocenters. The number of ether oxygens (including phenoxy) is 1. The zero-order chi connectivity index (χ0) is 13.3. The van der Waals surface area contributed by atoms with E-state index < -0.39 is 16.2 Å². The fourth-order valence-corrected chi connectivity index (χ4v) is 3.01. The smallest absolute Gasteiger partial charge is 0.294 e. The van der Waals surface area contributed by atoms with Crippen molar-refractivity contribution >= 4 is 16.4 Å². The summed E-state index contributed by atoms with van der Waals surface area (Å²) in [4.78, 5) is 10.5. The highest BCUT2D eigenvalue weighted by Crippen LogP contribution is 2.35. The molecule has 18 heavy (non-hydrogen) atoms. The molecule has 1 saturated heterocycles. The van der Waals surface area contributed by atoms with Crippen LogP contribution in [0.2, 0.25) is 0 Å². The quantitative estimate of drug-likeness (QED) is 0.667. The first-order valence-corrected chi connectivity index (χ1v) is 7.05. The molecular formula is C12H14O5S. The lowest BCUT2D eigenvalue weighted by Gasteiger charge is -2.15. The van der Waals surface area contributed by atoms with E-state index in [-0.39, 0.29) is 11.0 Å². The molecule has 0 bridgehead atoms. The van der Waals surface area contributed by atoms with Crippen LogP contribution in [0.3, 0.4) is 0 Å². The zero-order valence-corrected chi connectivity index (χ0v) is 10.7. The zero-order valence-electron chi connectivity index (χ0n) is 9.87. The minimum atomic E-state index is -4.23. The Kier molecular flexibility index (Phi) is 3.52. The van der Waals surface area contributed by atoms with Crippen LogP contribution < -0.4 is 0 Å². The molecule has 1 N–H and O–H groups in total. The summed E-state index contributed by atoms with van der Waals surface area (Å²) >= 11 is 0. The van der Waals surface area contributed by atoms with Crippen LogP contribution in [0.1, 0.15) is 30.1 Å². The molecule has 2 rings (SSSR count). The maximum absolute atomic E-state index is 11.2. The van der Waals surface area contributed by atoms with Crippen molar-refractivity contribution in [1.29, 1.82) is 0 Å². The molecule has 1 heterocycles. The molecular weight excluding hydrogens is 256 g/mol. The van der Waals surface area contributed by atoms with E-state index >= 15 is 0 Å². The van der Waals surface area contributed by atoms with Gasteiger partial charge < -0.3 is 9.53 Å². The summed E-state index contributed by atoms with van der Waals surface area (Å²) in [5, 5.41) is 0. The second-order valence-electron chi connectivity index (χ2n) is 4.32. The number of rotatable bonds is 3. The van der Waals surface area contributed by atoms with Crippen LogP contribution in [0.15, 0.2) is 23.1 Å². The standard InChI is InChI=1S/C12H14O5S/c1-8-10(11-6-5-9(7-13)17-11)3-2-4-12(8)18(14,15)16/h2-4,7,9,11H,5-6H2,1H3,(H,14,15,16)/t9-,11+/m1/s1. The van der Waals surface area contributed by atoms with Crippen LogP contribution in [0.25, 0.3) is 0 Å². The van der Waals surface area contributed by atoms with Crippen molar-refractivity contribution in [2.45, 2.75) is 36.9 Å². The van der Waals surface area contributed by atoms with Crippen molar-refractivity contribution in [3.05, 3.63) is 29.3 Å². The van der Waals surface area contributed by atoms with Gasteiger partial charge in [-0.2, -0.15) is 8.42 Å². The highest BCUT2D eigenvalue weighted by atomic mass is 32.2. The Morgan fingerprint density at radius 1 is 1.39 bits per heavy atom. The molecule has 0 amide bonds. The summed E-state index contributed by atoms with van der Waals surface area (Å²) in [6.45, 7) is 1.62. The van der Waals surface area contributed by atoms with Gasteiger partial charge in [0, 0.05) is 0 Å².